The predicted octanol–water partition coefficient (Wildman–Crippen LogP) is 2.16. The molecule has 1 aliphatic heterocycles. The number of rotatable bonds is 4. The molecule has 18 heavy (non-hydrogen) atoms. The minimum absolute atomic E-state index is 0.682. The van der Waals surface area contributed by atoms with Crippen LogP contribution in [0.15, 0.2) is 30.5 Å². The van der Waals surface area contributed by atoms with Gasteiger partial charge in [0.25, 0.3) is 0 Å². The van der Waals surface area contributed by atoms with Crippen molar-refractivity contribution in [2.45, 2.75) is 13.0 Å². The zero-order chi connectivity index (χ0) is 12.4. The zero-order valence-corrected chi connectivity index (χ0v) is 10.5. The highest BCUT2D eigenvalue weighted by molar-refractivity contribution is 5.73. The van der Waals surface area contributed by atoms with E-state index >= 15 is 0 Å². The van der Waals surface area contributed by atoms with E-state index in [1.807, 2.05) is 10.9 Å². The second kappa shape index (κ2) is 4.82. The van der Waals surface area contributed by atoms with Crippen molar-refractivity contribution in [1.29, 1.82) is 0 Å². The molecule has 4 heteroatoms. The van der Waals surface area contributed by atoms with E-state index in [0.29, 0.717) is 6.61 Å². The fourth-order valence-electron chi connectivity index (χ4n) is 2.50. The lowest BCUT2D eigenvalue weighted by Crippen LogP contribution is -2.07. The normalized spacial score (nSPS) is 13.4. The second-order valence-corrected chi connectivity index (χ2v) is 4.44. The molecule has 0 amide bonds. The van der Waals surface area contributed by atoms with Gasteiger partial charge in [-0.05, 0) is 24.1 Å². The van der Waals surface area contributed by atoms with Gasteiger partial charge in [0.1, 0.15) is 0 Å². The van der Waals surface area contributed by atoms with Gasteiger partial charge in [0, 0.05) is 31.1 Å². The average Bonchev–Trinajstić information content (AvgIpc) is 3.04. The standard InChI is InChI=1S/C14H17N3O/c1-18-10-9-17-14(6-8-16-17)12-3-2-4-13-11(12)5-7-15-13/h2-4,6,8,15H,5,7,9-10H2,1H3. The molecule has 0 fully saturated rings. The number of nitrogens with one attached hydrogen (secondary N) is 1. The maximum atomic E-state index is 5.13. The number of hydrogen-bond donors (Lipinski definition) is 1. The number of fused-ring (bicyclic) bond motifs is 1. The molecule has 0 spiro atoms. The third-order valence-electron chi connectivity index (χ3n) is 3.37. The van der Waals surface area contributed by atoms with Crippen LogP contribution in [0.1, 0.15) is 5.56 Å². The molecule has 0 saturated heterocycles. The van der Waals surface area contributed by atoms with Gasteiger partial charge in [-0.2, -0.15) is 5.10 Å². The van der Waals surface area contributed by atoms with Gasteiger partial charge in [-0.25, -0.2) is 0 Å². The Morgan fingerprint density at radius 3 is 3.22 bits per heavy atom. The summed E-state index contributed by atoms with van der Waals surface area (Å²) in [6.07, 6.45) is 2.94. The summed E-state index contributed by atoms with van der Waals surface area (Å²) in [5.41, 5.74) is 5.11. The second-order valence-electron chi connectivity index (χ2n) is 4.44. The van der Waals surface area contributed by atoms with Crippen LogP contribution in [0.2, 0.25) is 0 Å². The summed E-state index contributed by atoms with van der Waals surface area (Å²) in [5.74, 6) is 0. The summed E-state index contributed by atoms with van der Waals surface area (Å²) in [5, 5.41) is 7.78. The van der Waals surface area contributed by atoms with E-state index in [1.54, 1.807) is 7.11 Å². The molecule has 1 aromatic heterocycles. The predicted molar refractivity (Wildman–Crippen MR) is 71.7 cm³/mol. The smallest absolute Gasteiger partial charge is 0.0686 e. The molecule has 0 unspecified atom stereocenters. The van der Waals surface area contributed by atoms with Crippen LogP contribution in [0.3, 0.4) is 0 Å². The van der Waals surface area contributed by atoms with Crippen LogP contribution in [-0.2, 0) is 17.7 Å². The summed E-state index contributed by atoms with van der Waals surface area (Å²) in [4.78, 5) is 0. The van der Waals surface area contributed by atoms with E-state index in [0.717, 1.165) is 19.5 Å². The lowest BCUT2D eigenvalue weighted by molar-refractivity contribution is 0.184. The molecule has 1 aromatic carbocycles. The Morgan fingerprint density at radius 2 is 2.33 bits per heavy atom. The number of ether oxygens (including phenoxy) is 1. The van der Waals surface area contributed by atoms with E-state index in [4.69, 9.17) is 4.74 Å². The first-order chi connectivity index (χ1) is 8.90. The van der Waals surface area contributed by atoms with E-state index in [9.17, 15) is 0 Å². The van der Waals surface area contributed by atoms with Crippen molar-refractivity contribution in [3.05, 3.63) is 36.0 Å². The van der Waals surface area contributed by atoms with Crippen LogP contribution in [0, 0.1) is 0 Å². The summed E-state index contributed by atoms with van der Waals surface area (Å²) >= 11 is 0. The third-order valence-corrected chi connectivity index (χ3v) is 3.37. The number of hydrogen-bond acceptors (Lipinski definition) is 3. The molecule has 0 atom stereocenters. The van der Waals surface area contributed by atoms with Crippen molar-refractivity contribution in [3.63, 3.8) is 0 Å². The van der Waals surface area contributed by atoms with E-state index in [2.05, 4.69) is 34.7 Å². The lowest BCUT2D eigenvalue weighted by atomic mass is 10.0. The monoisotopic (exact) mass is 243 g/mol. The molecule has 3 rings (SSSR count). The lowest BCUT2D eigenvalue weighted by Gasteiger charge is -2.10. The number of benzene rings is 1. The van der Waals surface area contributed by atoms with Gasteiger partial charge < -0.3 is 10.1 Å². The summed E-state index contributed by atoms with van der Waals surface area (Å²) < 4.78 is 7.14. The van der Waals surface area contributed by atoms with Crippen LogP contribution in [0.25, 0.3) is 11.3 Å². The molecule has 2 heterocycles. The maximum Gasteiger partial charge on any atom is 0.0686 e. The van der Waals surface area contributed by atoms with Crippen molar-refractivity contribution in [2.24, 2.45) is 0 Å². The molecule has 0 aliphatic carbocycles. The molecule has 4 nitrogen and oxygen atoms in total. The molecule has 94 valence electrons. The van der Waals surface area contributed by atoms with Crippen molar-refractivity contribution in [1.82, 2.24) is 9.78 Å². The van der Waals surface area contributed by atoms with Crippen LogP contribution in [0.5, 0.6) is 0 Å². The fourth-order valence-corrected chi connectivity index (χ4v) is 2.50. The number of aromatic nitrogens is 2. The molecular weight excluding hydrogens is 226 g/mol. The quantitative estimate of drug-likeness (QED) is 0.894. The van der Waals surface area contributed by atoms with Crippen LogP contribution < -0.4 is 5.32 Å². The minimum atomic E-state index is 0.682. The molecule has 0 saturated carbocycles. The van der Waals surface area contributed by atoms with Gasteiger partial charge in [0.15, 0.2) is 0 Å². The Labute approximate surface area is 107 Å². The highest BCUT2D eigenvalue weighted by Gasteiger charge is 2.16. The highest BCUT2D eigenvalue weighted by atomic mass is 16.5. The van der Waals surface area contributed by atoms with Gasteiger partial charge >= 0.3 is 0 Å². The number of anilines is 1. The van der Waals surface area contributed by atoms with Crippen LogP contribution in [-0.4, -0.2) is 30.0 Å². The van der Waals surface area contributed by atoms with E-state index in [-0.39, 0.29) is 0 Å². The van der Waals surface area contributed by atoms with Gasteiger partial charge in [-0.1, -0.05) is 12.1 Å². The first kappa shape index (κ1) is 11.3. The maximum absolute atomic E-state index is 5.13. The van der Waals surface area contributed by atoms with Gasteiger partial charge in [-0.15, -0.1) is 0 Å². The topological polar surface area (TPSA) is 39.1 Å². The molecular formula is C14H17N3O. The van der Waals surface area contributed by atoms with Crippen LogP contribution >= 0.6 is 0 Å². The Kier molecular flexibility index (Phi) is 3.02. The molecule has 1 N–H and O–H groups in total. The van der Waals surface area contributed by atoms with Gasteiger partial charge in [-0.3, -0.25) is 4.68 Å². The van der Waals surface area contributed by atoms with Crippen molar-refractivity contribution in [2.75, 3.05) is 25.6 Å². The molecule has 2 aromatic rings. The first-order valence-electron chi connectivity index (χ1n) is 6.27. The molecule has 0 radical (unpaired) electrons. The van der Waals surface area contributed by atoms with Crippen molar-refractivity contribution >= 4 is 5.69 Å². The third kappa shape index (κ3) is 1.88. The Balaban J connectivity index is 2.00. The first-order valence-corrected chi connectivity index (χ1v) is 6.27. The molecule has 1 aliphatic rings. The van der Waals surface area contributed by atoms with Crippen molar-refractivity contribution in [3.8, 4) is 11.3 Å². The zero-order valence-electron chi connectivity index (χ0n) is 10.5. The minimum Gasteiger partial charge on any atom is -0.384 e. The van der Waals surface area contributed by atoms with Gasteiger partial charge in [0.2, 0.25) is 0 Å². The summed E-state index contributed by atoms with van der Waals surface area (Å²) in [6.45, 7) is 2.50. The fraction of sp³-hybridized carbons (Fsp3) is 0.357. The van der Waals surface area contributed by atoms with E-state index < -0.39 is 0 Å². The Bertz CT molecular complexity index is 548. The Hall–Kier alpha value is -1.81. The van der Waals surface area contributed by atoms with Gasteiger partial charge in [0.05, 0.1) is 18.8 Å². The largest absolute Gasteiger partial charge is 0.384 e. The Morgan fingerprint density at radius 1 is 1.39 bits per heavy atom. The van der Waals surface area contributed by atoms with Crippen molar-refractivity contribution < 1.29 is 4.74 Å². The average molecular weight is 243 g/mol. The summed E-state index contributed by atoms with van der Waals surface area (Å²) in [7, 11) is 1.72. The molecule has 0 bridgehead atoms. The number of methoxy groups -OCH3 is 1. The summed E-state index contributed by atoms with van der Waals surface area (Å²) in [6, 6.07) is 8.48. The SMILES string of the molecule is COCCn1nccc1-c1cccc2c1CCN2. The number of nitrogens with zero attached hydrogens (tertiary/aromatic N) is 2. The highest BCUT2D eigenvalue weighted by Crippen LogP contribution is 2.32. The van der Waals surface area contributed by atoms with Crippen LogP contribution in [0.4, 0.5) is 5.69 Å². The van der Waals surface area contributed by atoms with E-state index in [1.165, 1.54) is 22.5 Å².